The summed E-state index contributed by atoms with van der Waals surface area (Å²) in [6, 6.07) is 13.2. The van der Waals surface area contributed by atoms with Gasteiger partial charge in [-0.05, 0) is 48.5 Å². The normalized spacial score (nSPS) is 10.0. The van der Waals surface area contributed by atoms with Crippen molar-refractivity contribution in [3.8, 4) is 5.75 Å². The van der Waals surface area contributed by atoms with Crippen LogP contribution in [-0.4, -0.2) is 37.9 Å². The molecule has 0 spiro atoms. The fourth-order valence-electron chi connectivity index (χ4n) is 1.91. The second-order valence-electron chi connectivity index (χ2n) is 5.00. The summed E-state index contributed by atoms with van der Waals surface area (Å²) in [6.07, 6.45) is 0. The van der Waals surface area contributed by atoms with Crippen LogP contribution in [0.3, 0.4) is 0 Å². The van der Waals surface area contributed by atoms with E-state index in [2.05, 4.69) is 21.2 Å². The Balaban J connectivity index is 1.77. The maximum absolute atomic E-state index is 11.9. The van der Waals surface area contributed by atoms with Gasteiger partial charge in [-0.25, -0.2) is 0 Å². The van der Waals surface area contributed by atoms with Gasteiger partial charge in [0.05, 0.1) is 7.11 Å². The lowest BCUT2D eigenvalue weighted by atomic mass is 10.1. The highest BCUT2D eigenvalue weighted by Gasteiger charge is 2.12. The van der Waals surface area contributed by atoms with E-state index >= 15 is 0 Å². The number of methoxy groups -OCH3 is 1. The van der Waals surface area contributed by atoms with E-state index in [9.17, 15) is 14.4 Å². The average molecular weight is 406 g/mol. The second-order valence-corrected chi connectivity index (χ2v) is 5.92. The Labute approximate surface area is 153 Å². The Kier molecular flexibility index (Phi) is 6.71. The molecule has 25 heavy (non-hydrogen) atoms. The summed E-state index contributed by atoms with van der Waals surface area (Å²) in [7, 11) is 1.53. The fourth-order valence-corrected chi connectivity index (χ4v) is 2.18. The molecule has 0 aliphatic heterocycles. The average Bonchev–Trinajstić information content (AvgIpc) is 2.64. The molecule has 0 atom stereocenters. The number of Topliss-reactive ketones (excluding diaryl/α,β-unsaturated/α-hetero) is 1. The van der Waals surface area contributed by atoms with E-state index in [1.54, 1.807) is 48.5 Å². The molecule has 0 aliphatic rings. The quantitative estimate of drug-likeness (QED) is 0.565. The standard InChI is InChI=1S/C18H16BrNO5/c1-24-15-8-4-12(5-9-15)16(21)11-25-17(22)10-20-18(23)13-2-6-14(19)7-3-13/h2-9H,10-11H2,1H3,(H,20,23). The molecular weight excluding hydrogens is 390 g/mol. The van der Waals surface area contributed by atoms with Crippen LogP contribution < -0.4 is 10.1 Å². The third-order valence-corrected chi connectivity index (χ3v) is 3.80. The predicted molar refractivity (Wildman–Crippen MR) is 94.8 cm³/mol. The van der Waals surface area contributed by atoms with Gasteiger partial charge in [-0.2, -0.15) is 0 Å². The Morgan fingerprint density at radius 1 is 0.960 bits per heavy atom. The highest BCUT2D eigenvalue weighted by molar-refractivity contribution is 9.10. The number of rotatable bonds is 7. The van der Waals surface area contributed by atoms with Crippen molar-refractivity contribution >= 4 is 33.6 Å². The van der Waals surface area contributed by atoms with E-state index in [0.717, 1.165) is 4.47 Å². The maximum Gasteiger partial charge on any atom is 0.325 e. The van der Waals surface area contributed by atoms with Gasteiger partial charge in [0.1, 0.15) is 12.3 Å². The van der Waals surface area contributed by atoms with Crippen molar-refractivity contribution < 1.29 is 23.9 Å². The molecule has 2 rings (SSSR count). The van der Waals surface area contributed by atoms with Crippen LogP contribution in [0, 0.1) is 0 Å². The van der Waals surface area contributed by atoms with E-state index in [1.807, 2.05) is 0 Å². The molecule has 0 radical (unpaired) electrons. The molecule has 0 aromatic heterocycles. The molecule has 0 saturated carbocycles. The van der Waals surface area contributed by atoms with E-state index < -0.39 is 11.9 Å². The van der Waals surface area contributed by atoms with Crippen molar-refractivity contribution in [1.82, 2.24) is 5.32 Å². The minimum absolute atomic E-state index is 0.315. The Morgan fingerprint density at radius 3 is 2.16 bits per heavy atom. The molecular formula is C18H16BrNO5. The van der Waals surface area contributed by atoms with Crippen LogP contribution in [0.15, 0.2) is 53.0 Å². The van der Waals surface area contributed by atoms with Gasteiger partial charge in [-0.3, -0.25) is 14.4 Å². The maximum atomic E-state index is 11.9. The van der Waals surface area contributed by atoms with Gasteiger partial charge in [0.15, 0.2) is 12.4 Å². The van der Waals surface area contributed by atoms with Crippen LogP contribution >= 0.6 is 15.9 Å². The van der Waals surface area contributed by atoms with Gasteiger partial charge >= 0.3 is 5.97 Å². The minimum atomic E-state index is -0.688. The van der Waals surface area contributed by atoms with Crippen molar-refractivity contribution in [2.75, 3.05) is 20.3 Å². The number of carbonyl (C=O) groups is 3. The largest absolute Gasteiger partial charge is 0.497 e. The number of amides is 1. The summed E-state index contributed by atoms with van der Waals surface area (Å²) in [5.41, 5.74) is 0.831. The number of ketones is 1. The number of ether oxygens (including phenoxy) is 2. The second kappa shape index (κ2) is 8.98. The first-order chi connectivity index (χ1) is 12.0. The van der Waals surface area contributed by atoms with Gasteiger partial charge in [-0.1, -0.05) is 15.9 Å². The summed E-state index contributed by atoms with van der Waals surface area (Å²) < 4.78 is 10.7. The van der Waals surface area contributed by atoms with Crippen LogP contribution in [0.1, 0.15) is 20.7 Å². The molecule has 0 unspecified atom stereocenters. The fraction of sp³-hybridized carbons (Fsp3) is 0.167. The summed E-state index contributed by atoms with van der Waals surface area (Å²) in [4.78, 5) is 35.5. The first-order valence-corrected chi connectivity index (χ1v) is 8.15. The monoisotopic (exact) mass is 405 g/mol. The third-order valence-electron chi connectivity index (χ3n) is 3.28. The van der Waals surface area contributed by atoms with Crippen LogP contribution in [0.4, 0.5) is 0 Å². The Morgan fingerprint density at radius 2 is 1.56 bits per heavy atom. The van der Waals surface area contributed by atoms with Gasteiger partial charge in [0.25, 0.3) is 5.91 Å². The third kappa shape index (κ3) is 5.72. The lowest BCUT2D eigenvalue weighted by Gasteiger charge is -2.07. The highest BCUT2D eigenvalue weighted by Crippen LogP contribution is 2.12. The SMILES string of the molecule is COc1ccc(C(=O)COC(=O)CNC(=O)c2ccc(Br)cc2)cc1. The molecule has 0 aliphatic carbocycles. The molecule has 2 aromatic rings. The summed E-state index contributed by atoms with van der Waals surface area (Å²) in [6.45, 7) is -0.704. The summed E-state index contributed by atoms with van der Waals surface area (Å²) in [5, 5.41) is 2.44. The first kappa shape index (κ1) is 18.7. The molecule has 7 heteroatoms. The molecule has 2 aromatic carbocycles. The number of benzene rings is 2. The Bertz CT molecular complexity index is 756. The lowest BCUT2D eigenvalue weighted by Crippen LogP contribution is -2.31. The van der Waals surface area contributed by atoms with Gasteiger partial charge in [0.2, 0.25) is 0 Å². The Hall–Kier alpha value is -2.67. The van der Waals surface area contributed by atoms with Crippen molar-refractivity contribution in [1.29, 1.82) is 0 Å². The zero-order valence-electron chi connectivity index (χ0n) is 13.5. The lowest BCUT2D eigenvalue weighted by molar-refractivity contribution is -0.141. The predicted octanol–water partition coefficient (Wildman–Crippen LogP) is 2.61. The summed E-state index contributed by atoms with van der Waals surface area (Å²) in [5.74, 6) is -0.794. The van der Waals surface area contributed by atoms with Crippen molar-refractivity contribution in [3.63, 3.8) is 0 Å². The number of hydrogen-bond donors (Lipinski definition) is 1. The van der Waals surface area contributed by atoms with Crippen molar-refractivity contribution in [2.24, 2.45) is 0 Å². The first-order valence-electron chi connectivity index (χ1n) is 7.36. The zero-order valence-corrected chi connectivity index (χ0v) is 15.0. The van der Waals surface area contributed by atoms with Crippen molar-refractivity contribution in [3.05, 3.63) is 64.1 Å². The molecule has 0 bridgehead atoms. The molecule has 0 heterocycles. The van der Waals surface area contributed by atoms with E-state index in [1.165, 1.54) is 7.11 Å². The van der Waals surface area contributed by atoms with Crippen molar-refractivity contribution in [2.45, 2.75) is 0 Å². The molecule has 6 nitrogen and oxygen atoms in total. The topological polar surface area (TPSA) is 81.7 Å². The molecule has 1 amide bonds. The van der Waals surface area contributed by atoms with Gasteiger partial charge in [0, 0.05) is 15.6 Å². The van der Waals surface area contributed by atoms with Gasteiger partial charge < -0.3 is 14.8 Å². The highest BCUT2D eigenvalue weighted by atomic mass is 79.9. The number of halogens is 1. The van der Waals surface area contributed by atoms with Gasteiger partial charge in [-0.15, -0.1) is 0 Å². The number of esters is 1. The van der Waals surface area contributed by atoms with E-state index in [-0.39, 0.29) is 18.9 Å². The zero-order chi connectivity index (χ0) is 18.2. The smallest absolute Gasteiger partial charge is 0.325 e. The summed E-state index contributed by atoms with van der Waals surface area (Å²) >= 11 is 3.27. The van der Waals surface area contributed by atoms with E-state index in [4.69, 9.17) is 9.47 Å². The minimum Gasteiger partial charge on any atom is -0.497 e. The van der Waals surface area contributed by atoms with E-state index in [0.29, 0.717) is 16.9 Å². The molecule has 0 saturated heterocycles. The van der Waals surface area contributed by atoms with Crippen LogP contribution in [0.25, 0.3) is 0 Å². The van der Waals surface area contributed by atoms with Crippen LogP contribution in [-0.2, 0) is 9.53 Å². The number of hydrogen-bond acceptors (Lipinski definition) is 5. The molecule has 0 fully saturated rings. The molecule has 130 valence electrons. The number of nitrogens with one attached hydrogen (secondary N) is 1. The molecule has 1 N–H and O–H groups in total. The van der Waals surface area contributed by atoms with Crippen LogP contribution in [0.2, 0.25) is 0 Å². The van der Waals surface area contributed by atoms with Crippen LogP contribution in [0.5, 0.6) is 5.75 Å². The number of carbonyl (C=O) groups excluding carboxylic acids is 3.